The van der Waals surface area contributed by atoms with Gasteiger partial charge in [-0.1, -0.05) is 39.0 Å². The van der Waals surface area contributed by atoms with E-state index in [1.165, 1.54) is 23.8 Å². The summed E-state index contributed by atoms with van der Waals surface area (Å²) in [5.74, 6) is -2.36. The molecular weight excluding hydrogens is 698 g/mol. The molecule has 0 bridgehead atoms. The summed E-state index contributed by atoms with van der Waals surface area (Å²) in [7, 11) is 1.53. The van der Waals surface area contributed by atoms with Gasteiger partial charge in [-0.25, -0.2) is 9.69 Å². The van der Waals surface area contributed by atoms with Gasteiger partial charge in [-0.3, -0.25) is 19.2 Å². The van der Waals surface area contributed by atoms with Gasteiger partial charge in [0.05, 0.1) is 35.9 Å². The van der Waals surface area contributed by atoms with Gasteiger partial charge in [-0.05, 0) is 73.7 Å². The molecule has 0 saturated carbocycles. The lowest BCUT2D eigenvalue weighted by Crippen LogP contribution is -2.32. The van der Waals surface area contributed by atoms with Crippen LogP contribution in [-0.2, 0) is 19.1 Å². The number of methoxy groups -OCH3 is 1. The Kier molecular flexibility index (Phi) is 9.02. The molecule has 3 atom stereocenters. The maximum Gasteiger partial charge on any atom is 0.338 e. The first-order valence-corrected chi connectivity index (χ1v) is 16.6. The zero-order valence-electron chi connectivity index (χ0n) is 24.4. The van der Waals surface area contributed by atoms with E-state index in [1.807, 2.05) is 0 Å². The third kappa shape index (κ3) is 6.07. The van der Waals surface area contributed by atoms with Crippen molar-refractivity contribution in [1.82, 2.24) is 4.98 Å². The number of nitrogens with zero attached hydrogens (tertiary/aromatic N) is 1. The lowest BCUT2D eigenvalue weighted by molar-refractivity contribution is -0.122. The topological polar surface area (TPSA) is 144 Å². The van der Waals surface area contributed by atoms with Crippen molar-refractivity contribution in [3.05, 3.63) is 96.9 Å². The average Bonchev–Trinajstić information content (AvgIpc) is 3.54. The Balaban J connectivity index is 1.28. The number of benzene rings is 3. The number of rotatable bonds is 9. The molecule has 1 aromatic heterocycles. The molecule has 14 heteroatoms. The Labute approximate surface area is 279 Å². The Hall–Kier alpha value is -4.40. The van der Waals surface area contributed by atoms with Crippen molar-refractivity contribution in [3.63, 3.8) is 0 Å². The fourth-order valence-corrected chi connectivity index (χ4v) is 8.36. The van der Waals surface area contributed by atoms with Crippen LogP contribution in [0.5, 0.6) is 11.5 Å². The van der Waals surface area contributed by atoms with Gasteiger partial charge in [0.25, 0.3) is 5.91 Å². The molecule has 4 aromatic rings. The van der Waals surface area contributed by atoms with Crippen LogP contribution in [-0.4, -0.2) is 54.2 Å². The highest BCUT2D eigenvalue weighted by Crippen LogP contribution is 2.54. The first-order valence-electron chi connectivity index (χ1n) is 14.1. The summed E-state index contributed by atoms with van der Waals surface area (Å²) < 4.78 is 16.9. The summed E-state index contributed by atoms with van der Waals surface area (Å²) >= 11 is 5.66. The van der Waals surface area contributed by atoms with Crippen LogP contribution in [0.3, 0.4) is 0 Å². The van der Waals surface area contributed by atoms with Gasteiger partial charge >= 0.3 is 10.8 Å². The summed E-state index contributed by atoms with van der Waals surface area (Å²) in [5, 5.41) is 2.46. The van der Waals surface area contributed by atoms with Crippen molar-refractivity contribution in [2.75, 3.05) is 30.5 Å². The monoisotopic (exact) mass is 723 g/mol. The molecule has 0 radical (unpaired) electrons. The molecule has 11 nitrogen and oxygen atoms in total. The summed E-state index contributed by atoms with van der Waals surface area (Å²) in [5.41, 5.74) is 1.78. The Morgan fingerprint density at radius 3 is 2.43 bits per heavy atom. The molecule has 236 valence electrons. The molecule has 6 rings (SSSR count). The number of amides is 3. The first-order chi connectivity index (χ1) is 22.2. The Morgan fingerprint density at radius 2 is 1.74 bits per heavy atom. The molecular formula is C32H26BrN3O8S2. The first kappa shape index (κ1) is 31.6. The van der Waals surface area contributed by atoms with Gasteiger partial charge in [0.15, 0.2) is 6.61 Å². The summed E-state index contributed by atoms with van der Waals surface area (Å²) in [6.07, 6.45) is 0. The van der Waals surface area contributed by atoms with E-state index in [-0.39, 0.29) is 18.1 Å². The number of thiazole rings is 1. The van der Waals surface area contributed by atoms with Crippen molar-refractivity contribution in [1.29, 1.82) is 0 Å². The number of aromatic nitrogens is 1. The molecule has 0 aliphatic carbocycles. The van der Waals surface area contributed by atoms with Crippen LogP contribution < -0.4 is 24.6 Å². The highest BCUT2D eigenvalue weighted by Gasteiger charge is 2.56. The molecule has 3 amide bonds. The number of hydrogen-bond donors (Lipinski definition) is 2. The zero-order valence-corrected chi connectivity index (χ0v) is 27.6. The van der Waals surface area contributed by atoms with Crippen LogP contribution >= 0.6 is 39.0 Å². The van der Waals surface area contributed by atoms with Crippen molar-refractivity contribution >= 4 is 74.1 Å². The number of imide groups is 1. The number of carbonyl (C=O) groups excluding carboxylic acids is 4. The van der Waals surface area contributed by atoms with Crippen LogP contribution in [0.4, 0.5) is 11.4 Å². The summed E-state index contributed by atoms with van der Waals surface area (Å²) in [6.45, 7) is 1.60. The number of H-pyrrole nitrogens is 1. The maximum absolute atomic E-state index is 14.1. The SMILES string of the molecule is CCOC(=O)c1ccc(NC(=O)COc2ccc(Br)cc2[C@@H]2c3sc(=O)[nH]c3S[C@H]3C(=O)N(c4ccc(OC)cc4)C(=O)[C@@H]23)cc1. The highest BCUT2D eigenvalue weighted by molar-refractivity contribution is 9.10. The highest BCUT2D eigenvalue weighted by atomic mass is 79.9. The molecule has 46 heavy (non-hydrogen) atoms. The molecule has 1 saturated heterocycles. The smallest absolute Gasteiger partial charge is 0.338 e. The number of thioether (sulfide) groups is 1. The van der Waals surface area contributed by atoms with Gasteiger partial charge in [0.1, 0.15) is 16.7 Å². The quantitative estimate of drug-likeness (QED) is 0.176. The zero-order chi connectivity index (χ0) is 32.5. The van der Waals surface area contributed by atoms with Crippen molar-refractivity contribution in [3.8, 4) is 11.5 Å². The van der Waals surface area contributed by atoms with E-state index in [0.717, 1.165) is 11.3 Å². The summed E-state index contributed by atoms with van der Waals surface area (Å²) in [6, 6.07) is 18.1. The minimum Gasteiger partial charge on any atom is -0.497 e. The van der Waals surface area contributed by atoms with Gasteiger partial charge < -0.3 is 24.5 Å². The van der Waals surface area contributed by atoms with Crippen molar-refractivity contribution in [2.24, 2.45) is 5.92 Å². The predicted molar refractivity (Wildman–Crippen MR) is 176 cm³/mol. The van der Waals surface area contributed by atoms with Crippen molar-refractivity contribution < 1.29 is 33.4 Å². The van der Waals surface area contributed by atoms with Crippen LogP contribution in [0.25, 0.3) is 0 Å². The van der Waals surface area contributed by atoms with Crippen LogP contribution in [0.15, 0.2) is 81.0 Å². The van der Waals surface area contributed by atoms with Crippen LogP contribution in [0, 0.1) is 5.92 Å². The number of halogens is 1. The van der Waals surface area contributed by atoms with Crippen LogP contribution in [0.2, 0.25) is 0 Å². The Morgan fingerprint density at radius 1 is 1.00 bits per heavy atom. The van der Waals surface area contributed by atoms with Gasteiger partial charge in [0, 0.05) is 26.5 Å². The minimum atomic E-state index is -0.845. The molecule has 0 spiro atoms. The molecule has 3 aromatic carbocycles. The standard InChI is InChI=1S/C32H26BrN3O8S2/c1-3-43-31(40)16-4-7-18(8-5-16)34-23(37)15-44-22-13-6-17(33)14-21(22)24-25-27(45-28-26(24)46-32(41)35-28)30(39)36(29(25)38)19-9-11-20(42-2)12-10-19/h4-14,24-25,27H,3,15H2,1-2H3,(H,34,37)(H,35,41)/t24-,25-,27+/m0/s1. The number of hydrogen-bond acceptors (Lipinski definition) is 10. The second kappa shape index (κ2) is 13.1. The minimum absolute atomic E-state index is 0.253. The van der Waals surface area contributed by atoms with Gasteiger partial charge in [-0.15, -0.1) is 0 Å². The lowest BCUT2D eigenvalue weighted by Gasteiger charge is -2.31. The third-order valence-corrected chi connectivity index (χ3v) is 10.4. The second-order valence-electron chi connectivity index (χ2n) is 10.3. The normalized spacial score (nSPS) is 18.5. The molecule has 2 aliphatic rings. The molecule has 0 unspecified atom stereocenters. The van der Waals surface area contributed by atoms with Crippen molar-refractivity contribution in [2.45, 2.75) is 23.1 Å². The number of nitrogens with one attached hydrogen (secondary N) is 2. The van der Waals surface area contributed by atoms with E-state index in [4.69, 9.17) is 14.2 Å². The maximum atomic E-state index is 14.1. The average molecular weight is 725 g/mol. The number of esters is 1. The molecule has 2 aliphatic heterocycles. The second-order valence-corrected chi connectivity index (χ2v) is 13.4. The molecule has 2 N–H and O–H groups in total. The van der Waals surface area contributed by atoms with E-state index in [9.17, 15) is 24.0 Å². The van der Waals surface area contributed by atoms with E-state index in [1.54, 1.807) is 73.7 Å². The largest absolute Gasteiger partial charge is 0.497 e. The van der Waals surface area contributed by atoms with Gasteiger partial charge in [-0.2, -0.15) is 0 Å². The number of fused-ring (bicyclic) bond motifs is 2. The predicted octanol–water partition coefficient (Wildman–Crippen LogP) is 5.20. The van der Waals surface area contributed by atoms with E-state index in [2.05, 4.69) is 26.2 Å². The number of anilines is 2. The lowest BCUT2D eigenvalue weighted by atomic mass is 9.82. The number of carbonyl (C=O) groups is 4. The van der Waals surface area contributed by atoms with E-state index in [0.29, 0.717) is 48.4 Å². The fourth-order valence-electron chi connectivity index (χ4n) is 5.48. The van der Waals surface area contributed by atoms with Gasteiger partial charge in [0.2, 0.25) is 11.8 Å². The van der Waals surface area contributed by atoms with E-state index >= 15 is 0 Å². The van der Waals surface area contributed by atoms with E-state index < -0.39 is 40.8 Å². The fraction of sp³-hybridized carbons (Fsp3) is 0.219. The third-order valence-electron chi connectivity index (χ3n) is 7.50. The molecule has 1 fully saturated rings. The number of aromatic amines is 1. The van der Waals surface area contributed by atoms with Crippen LogP contribution in [0.1, 0.15) is 33.6 Å². The molecule has 3 heterocycles. The number of ether oxygens (including phenoxy) is 3. The Bertz CT molecular complexity index is 1890. The summed E-state index contributed by atoms with van der Waals surface area (Å²) in [4.78, 5) is 69.5.